The number of piperazine rings is 1. The van der Waals surface area contributed by atoms with Gasteiger partial charge >= 0.3 is 6.09 Å². The summed E-state index contributed by atoms with van der Waals surface area (Å²) in [6.45, 7) is 9.06. The fourth-order valence-electron chi connectivity index (χ4n) is 2.46. The molecule has 0 radical (unpaired) electrons. The van der Waals surface area contributed by atoms with Crippen molar-refractivity contribution in [1.29, 1.82) is 0 Å². The summed E-state index contributed by atoms with van der Waals surface area (Å²) in [7, 11) is 0. The lowest BCUT2D eigenvalue weighted by Crippen LogP contribution is -2.53. The van der Waals surface area contributed by atoms with E-state index in [-0.39, 0.29) is 12.0 Å². The van der Waals surface area contributed by atoms with Crippen LogP contribution in [-0.2, 0) is 9.53 Å². The Hall–Kier alpha value is -1.95. The van der Waals surface area contributed by atoms with Crippen molar-refractivity contribution in [2.75, 3.05) is 26.2 Å². The molecule has 1 heterocycles. The summed E-state index contributed by atoms with van der Waals surface area (Å²) in [5.41, 5.74) is -0.523. The Balaban J connectivity index is 1.84. The normalized spacial score (nSPS) is 16.4. The third kappa shape index (κ3) is 5.81. The second kappa shape index (κ2) is 7.95. The molecular formula is C18H25ClN2O4. The van der Waals surface area contributed by atoms with E-state index in [1.165, 1.54) is 0 Å². The van der Waals surface area contributed by atoms with Crippen LogP contribution >= 0.6 is 11.6 Å². The van der Waals surface area contributed by atoms with Gasteiger partial charge in [-0.15, -0.1) is 0 Å². The first-order valence-corrected chi connectivity index (χ1v) is 8.72. The maximum atomic E-state index is 12.5. The topological polar surface area (TPSA) is 59.1 Å². The van der Waals surface area contributed by atoms with Crippen LogP contribution in [0.4, 0.5) is 4.79 Å². The van der Waals surface area contributed by atoms with E-state index in [1.807, 2.05) is 20.8 Å². The highest BCUT2D eigenvalue weighted by atomic mass is 35.5. The Bertz CT molecular complexity index is 604. The zero-order chi connectivity index (χ0) is 18.6. The quantitative estimate of drug-likeness (QED) is 0.822. The van der Waals surface area contributed by atoms with Crippen molar-refractivity contribution < 1.29 is 19.1 Å². The Kier molecular flexibility index (Phi) is 6.16. The monoisotopic (exact) mass is 368 g/mol. The molecule has 0 aromatic heterocycles. The molecule has 1 atom stereocenters. The van der Waals surface area contributed by atoms with Crippen molar-refractivity contribution in [3.8, 4) is 5.75 Å². The standard InChI is InChI=1S/C18H25ClN2O4/c1-13(24-15-7-5-14(19)6-8-15)16(22)20-9-11-21(12-10-20)17(23)25-18(2,3)4/h5-8,13H,9-12H2,1-4H3/t13-/m1/s1. The van der Waals surface area contributed by atoms with Crippen molar-refractivity contribution in [3.63, 3.8) is 0 Å². The number of carbonyl (C=O) groups is 2. The lowest BCUT2D eigenvalue weighted by molar-refractivity contribution is -0.139. The molecule has 1 aromatic rings. The first kappa shape index (κ1) is 19.4. The number of amides is 2. The largest absolute Gasteiger partial charge is 0.481 e. The van der Waals surface area contributed by atoms with Crippen LogP contribution in [0, 0.1) is 0 Å². The van der Waals surface area contributed by atoms with Gasteiger partial charge in [-0.25, -0.2) is 4.79 Å². The van der Waals surface area contributed by atoms with Gasteiger partial charge in [0.2, 0.25) is 0 Å². The minimum absolute atomic E-state index is 0.0983. The minimum atomic E-state index is -0.603. The van der Waals surface area contributed by atoms with E-state index >= 15 is 0 Å². The molecule has 0 aliphatic carbocycles. The molecule has 138 valence electrons. The van der Waals surface area contributed by atoms with Gasteiger partial charge in [0.1, 0.15) is 11.4 Å². The zero-order valence-corrected chi connectivity index (χ0v) is 15.9. The number of benzene rings is 1. The first-order valence-electron chi connectivity index (χ1n) is 8.34. The van der Waals surface area contributed by atoms with E-state index < -0.39 is 11.7 Å². The highest BCUT2D eigenvalue weighted by Crippen LogP contribution is 2.18. The van der Waals surface area contributed by atoms with E-state index in [2.05, 4.69) is 0 Å². The smallest absolute Gasteiger partial charge is 0.410 e. The molecule has 0 N–H and O–H groups in total. The molecule has 0 bridgehead atoms. The molecule has 0 spiro atoms. The molecule has 1 aliphatic rings. The van der Waals surface area contributed by atoms with E-state index in [4.69, 9.17) is 21.1 Å². The van der Waals surface area contributed by atoms with E-state index in [9.17, 15) is 9.59 Å². The fourth-order valence-corrected chi connectivity index (χ4v) is 2.59. The summed E-state index contributed by atoms with van der Waals surface area (Å²) < 4.78 is 11.0. The number of hydrogen-bond donors (Lipinski definition) is 0. The van der Waals surface area contributed by atoms with Gasteiger partial charge in [-0.1, -0.05) is 11.6 Å². The van der Waals surface area contributed by atoms with Crippen LogP contribution in [0.3, 0.4) is 0 Å². The number of halogens is 1. The van der Waals surface area contributed by atoms with Crippen molar-refractivity contribution in [3.05, 3.63) is 29.3 Å². The first-order chi connectivity index (χ1) is 11.7. The lowest BCUT2D eigenvalue weighted by Gasteiger charge is -2.36. The second-order valence-corrected chi connectivity index (χ2v) is 7.44. The van der Waals surface area contributed by atoms with E-state index in [1.54, 1.807) is 41.0 Å². The van der Waals surface area contributed by atoms with Crippen LogP contribution in [0.25, 0.3) is 0 Å². The molecule has 1 fully saturated rings. The van der Waals surface area contributed by atoms with Crippen molar-refractivity contribution >= 4 is 23.6 Å². The summed E-state index contributed by atoms with van der Waals surface area (Å²) in [5.74, 6) is 0.497. The minimum Gasteiger partial charge on any atom is -0.481 e. The molecule has 25 heavy (non-hydrogen) atoms. The molecule has 0 saturated carbocycles. The Morgan fingerprint density at radius 1 is 1.04 bits per heavy atom. The van der Waals surface area contributed by atoms with Crippen molar-refractivity contribution in [2.45, 2.75) is 39.4 Å². The van der Waals surface area contributed by atoms with Gasteiger partial charge in [0.15, 0.2) is 6.10 Å². The maximum Gasteiger partial charge on any atom is 0.410 e. The van der Waals surface area contributed by atoms with Crippen molar-refractivity contribution in [1.82, 2.24) is 9.80 Å². The third-order valence-corrected chi connectivity index (χ3v) is 3.97. The van der Waals surface area contributed by atoms with Crippen LogP contribution in [-0.4, -0.2) is 59.7 Å². The summed E-state index contributed by atoms with van der Waals surface area (Å²) in [6, 6.07) is 6.89. The highest BCUT2D eigenvalue weighted by molar-refractivity contribution is 6.30. The Morgan fingerprint density at radius 2 is 1.56 bits per heavy atom. The molecule has 7 heteroatoms. The predicted molar refractivity (Wildman–Crippen MR) is 95.9 cm³/mol. The molecular weight excluding hydrogens is 344 g/mol. The van der Waals surface area contributed by atoms with Crippen LogP contribution in [0.2, 0.25) is 5.02 Å². The molecule has 2 rings (SSSR count). The number of carbonyl (C=O) groups excluding carboxylic acids is 2. The van der Waals surface area contributed by atoms with E-state index in [0.29, 0.717) is 37.0 Å². The van der Waals surface area contributed by atoms with Gasteiger partial charge < -0.3 is 19.3 Å². The number of nitrogens with zero attached hydrogens (tertiary/aromatic N) is 2. The van der Waals surface area contributed by atoms with Gasteiger partial charge in [-0.2, -0.15) is 0 Å². The SMILES string of the molecule is C[C@@H](Oc1ccc(Cl)cc1)C(=O)N1CCN(C(=O)OC(C)(C)C)CC1. The van der Waals surface area contributed by atoms with Crippen LogP contribution in [0.5, 0.6) is 5.75 Å². The van der Waals surface area contributed by atoms with Gasteiger partial charge in [-0.3, -0.25) is 4.79 Å². The fraction of sp³-hybridized carbons (Fsp3) is 0.556. The average molecular weight is 369 g/mol. The van der Waals surface area contributed by atoms with E-state index in [0.717, 1.165) is 0 Å². The molecule has 2 amide bonds. The molecule has 1 aromatic carbocycles. The summed E-state index contributed by atoms with van der Waals surface area (Å²) in [6.07, 6.45) is -0.945. The molecule has 0 unspecified atom stereocenters. The lowest BCUT2D eigenvalue weighted by atomic mass is 10.2. The summed E-state index contributed by atoms with van der Waals surface area (Å²) in [5, 5.41) is 0.615. The summed E-state index contributed by atoms with van der Waals surface area (Å²) in [4.78, 5) is 27.9. The van der Waals surface area contributed by atoms with Crippen LogP contribution in [0.1, 0.15) is 27.7 Å². The molecule has 6 nitrogen and oxygen atoms in total. The molecule has 1 aliphatic heterocycles. The number of rotatable bonds is 3. The van der Waals surface area contributed by atoms with Gasteiger partial charge in [0, 0.05) is 31.2 Å². The van der Waals surface area contributed by atoms with Crippen LogP contribution < -0.4 is 4.74 Å². The number of ether oxygens (including phenoxy) is 2. The number of hydrogen-bond acceptors (Lipinski definition) is 4. The maximum absolute atomic E-state index is 12.5. The summed E-state index contributed by atoms with van der Waals surface area (Å²) >= 11 is 5.84. The molecule has 1 saturated heterocycles. The van der Waals surface area contributed by atoms with Gasteiger partial charge in [0.25, 0.3) is 5.91 Å². The highest BCUT2D eigenvalue weighted by Gasteiger charge is 2.30. The van der Waals surface area contributed by atoms with Crippen molar-refractivity contribution in [2.24, 2.45) is 0 Å². The van der Waals surface area contributed by atoms with Gasteiger partial charge in [-0.05, 0) is 52.0 Å². The zero-order valence-electron chi connectivity index (χ0n) is 15.1. The third-order valence-electron chi connectivity index (χ3n) is 3.72. The predicted octanol–water partition coefficient (Wildman–Crippen LogP) is 3.19. The average Bonchev–Trinajstić information content (AvgIpc) is 2.55. The second-order valence-electron chi connectivity index (χ2n) is 7.01. The Labute approximate surface area is 153 Å². The van der Waals surface area contributed by atoms with Crippen LogP contribution in [0.15, 0.2) is 24.3 Å². The van der Waals surface area contributed by atoms with Gasteiger partial charge in [0.05, 0.1) is 0 Å². The Morgan fingerprint density at radius 3 is 2.08 bits per heavy atom.